The second-order valence-electron chi connectivity index (χ2n) is 6.70. The molecule has 2 aliphatic heterocycles. The standard InChI is InChI=1S/C20H19N3O4/c24-18-15-7-1-2-8-16(15)19(25)23(18)27-20(26)17-9-3-4-11-22(17)13-14-6-5-10-21-12-14/h1-2,5-8,10,12,17H,3-4,9,11,13H2. The lowest BCUT2D eigenvalue weighted by Gasteiger charge is -2.34. The number of hydrogen-bond donors (Lipinski definition) is 0. The van der Waals surface area contributed by atoms with Gasteiger partial charge in [-0.05, 0) is 43.1 Å². The lowest BCUT2D eigenvalue weighted by atomic mass is 10.0. The number of carbonyl (C=O) groups excluding carboxylic acids is 3. The monoisotopic (exact) mass is 365 g/mol. The number of hydrogen-bond acceptors (Lipinski definition) is 6. The molecule has 7 nitrogen and oxygen atoms in total. The van der Waals surface area contributed by atoms with Gasteiger partial charge in [-0.15, -0.1) is 0 Å². The van der Waals surface area contributed by atoms with Crippen LogP contribution in [-0.2, 0) is 16.2 Å². The minimum Gasteiger partial charge on any atom is -0.328 e. The number of hydroxylamine groups is 2. The van der Waals surface area contributed by atoms with E-state index in [1.54, 1.807) is 36.7 Å². The number of pyridine rings is 1. The lowest BCUT2D eigenvalue weighted by Crippen LogP contribution is -2.47. The molecule has 2 amide bonds. The van der Waals surface area contributed by atoms with Gasteiger partial charge in [-0.25, -0.2) is 4.79 Å². The minimum atomic E-state index is -0.599. The van der Waals surface area contributed by atoms with Gasteiger partial charge in [0.15, 0.2) is 0 Å². The summed E-state index contributed by atoms with van der Waals surface area (Å²) in [7, 11) is 0. The summed E-state index contributed by atoms with van der Waals surface area (Å²) in [4.78, 5) is 49.0. The fourth-order valence-electron chi connectivity index (χ4n) is 3.57. The number of aromatic nitrogens is 1. The Hall–Kier alpha value is -3.06. The van der Waals surface area contributed by atoms with Gasteiger partial charge in [-0.3, -0.25) is 19.5 Å². The van der Waals surface area contributed by atoms with E-state index in [0.29, 0.717) is 18.0 Å². The second kappa shape index (κ2) is 7.28. The summed E-state index contributed by atoms with van der Waals surface area (Å²) >= 11 is 0. The molecule has 2 aromatic rings. The van der Waals surface area contributed by atoms with Crippen molar-refractivity contribution in [3.05, 3.63) is 65.5 Å². The van der Waals surface area contributed by atoms with Crippen molar-refractivity contribution < 1.29 is 19.2 Å². The Morgan fingerprint density at radius 1 is 1.07 bits per heavy atom. The molecule has 0 aliphatic carbocycles. The Kier molecular flexibility index (Phi) is 4.68. The molecule has 138 valence electrons. The topological polar surface area (TPSA) is 79.8 Å². The first-order valence-electron chi connectivity index (χ1n) is 8.98. The Morgan fingerprint density at radius 2 is 1.81 bits per heavy atom. The van der Waals surface area contributed by atoms with Crippen molar-refractivity contribution in [2.75, 3.05) is 6.54 Å². The first-order chi connectivity index (χ1) is 13.1. The van der Waals surface area contributed by atoms with Gasteiger partial charge in [-0.2, -0.15) is 0 Å². The van der Waals surface area contributed by atoms with Crippen molar-refractivity contribution >= 4 is 17.8 Å². The first-order valence-corrected chi connectivity index (χ1v) is 8.98. The van der Waals surface area contributed by atoms with Crippen LogP contribution in [0.2, 0.25) is 0 Å². The van der Waals surface area contributed by atoms with Crippen LogP contribution in [-0.4, -0.2) is 45.3 Å². The predicted molar refractivity (Wildman–Crippen MR) is 95.3 cm³/mol. The number of amides is 2. The molecule has 0 radical (unpaired) electrons. The molecular formula is C20H19N3O4. The Balaban J connectivity index is 1.48. The lowest BCUT2D eigenvalue weighted by molar-refractivity contribution is -0.176. The van der Waals surface area contributed by atoms with Crippen molar-refractivity contribution in [1.82, 2.24) is 14.9 Å². The van der Waals surface area contributed by atoms with Crippen LogP contribution >= 0.6 is 0 Å². The molecule has 1 aromatic carbocycles. The average molecular weight is 365 g/mol. The van der Waals surface area contributed by atoms with E-state index in [1.165, 1.54) is 0 Å². The maximum atomic E-state index is 12.8. The van der Waals surface area contributed by atoms with Gasteiger partial charge in [0, 0.05) is 18.9 Å². The van der Waals surface area contributed by atoms with E-state index >= 15 is 0 Å². The molecule has 0 spiro atoms. The van der Waals surface area contributed by atoms with Crippen LogP contribution in [0.4, 0.5) is 0 Å². The molecule has 7 heteroatoms. The number of imide groups is 1. The number of carbonyl (C=O) groups is 3. The van der Waals surface area contributed by atoms with E-state index in [4.69, 9.17) is 4.84 Å². The zero-order valence-corrected chi connectivity index (χ0v) is 14.7. The predicted octanol–water partition coefficient (Wildman–Crippen LogP) is 2.19. The van der Waals surface area contributed by atoms with Crippen LogP contribution in [0.5, 0.6) is 0 Å². The first kappa shape index (κ1) is 17.4. The minimum absolute atomic E-state index is 0.256. The van der Waals surface area contributed by atoms with Crippen molar-refractivity contribution in [3.8, 4) is 0 Å². The smallest absolute Gasteiger partial charge is 0.328 e. The summed E-state index contributed by atoms with van der Waals surface area (Å²) in [6.45, 7) is 1.31. The molecule has 0 saturated carbocycles. The molecule has 27 heavy (non-hydrogen) atoms. The fourth-order valence-corrected chi connectivity index (χ4v) is 3.57. The molecule has 1 aromatic heterocycles. The van der Waals surface area contributed by atoms with Crippen LogP contribution in [0.1, 0.15) is 45.5 Å². The Bertz CT molecular complexity index is 849. The van der Waals surface area contributed by atoms with Gasteiger partial charge in [0.2, 0.25) is 0 Å². The normalized spacial score (nSPS) is 19.9. The third-order valence-corrected chi connectivity index (χ3v) is 4.93. The van der Waals surface area contributed by atoms with Crippen LogP contribution < -0.4 is 0 Å². The molecule has 1 saturated heterocycles. The summed E-state index contributed by atoms with van der Waals surface area (Å²) in [5.41, 5.74) is 1.51. The number of piperidine rings is 1. The van der Waals surface area contributed by atoms with Crippen molar-refractivity contribution in [2.24, 2.45) is 0 Å². The molecule has 0 N–H and O–H groups in total. The number of fused-ring (bicyclic) bond motifs is 1. The van der Waals surface area contributed by atoms with Crippen LogP contribution in [0.3, 0.4) is 0 Å². The number of benzene rings is 1. The molecule has 2 aliphatic rings. The summed E-state index contributed by atoms with van der Waals surface area (Å²) in [5, 5.41) is 0.587. The van der Waals surface area contributed by atoms with E-state index in [2.05, 4.69) is 4.98 Å². The van der Waals surface area contributed by atoms with E-state index in [0.717, 1.165) is 24.9 Å². The third-order valence-electron chi connectivity index (χ3n) is 4.93. The highest BCUT2D eigenvalue weighted by Gasteiger charge is 2.41. The summed E-state index contributed by atoms with van der Waals surface area (Å²) in [6.07, 6.45) is 5.97. The summed E-state index contributed by atoms with van der Waals surface area (Å²) < 4.78 is 0. The molecule has 1 fully saturated rings. The third kappa shape index (κ3) is 3.33. The Morgan fingerprint density at radius 3 is 2.48 bits per heavy atom. The van der Waals surface area contributed by atoms with E-state index in [9.17, 15) is 14.4 Å². The highest BCUT2D eigenvalue weighted by molar-refractivity contribution is 6.20. The maximum absolute atomic E-state index is 12.8. The summed E-state index contributed by atoms with van der Waals surface area (Å²) in [5.74, 6) is -1.77. The molecule has 4 rings (SSSR count). The maximum Gasteiger partial charge on any atom is 0.350 e. The van der Waals surface area contributed by atoms with Gasteiger partial charge in [-0.1, -0.05) is 29.7 Å². The van der Waals surface area contributed by atoms with Gasteiger partial charge in [0.25, 0.3) is 11.8 Å². The van der Waals surface area contributed by atoms with Gasteiger partial charge >= 0.3 is 5.97 Å². The van der Waals surface area contributed by atoms with Crippen LogP contribution in [0.15, 0.2) is 48.8 Å². The number of rotatable bonds is 4. The van der Waals surface area contributed by atoms with Crippen molar-refractivity contribution in [3.63, 3.8) is 0 Å². The van der Waals surface area contributed by atoms with Gasteiger partial charge in [0.1, 0.15) is 6.04 Å². The largest absolute Gasteiger partial charge is 0.350 e. The van der Waals surface area contributed by atoms with E-state index < -0.39 is 23.8 Å². The summed E-state index contributed by atoms with van der Waals surface area (Å²) in [6, 6.07) is 9.76. The number of likely N-dealkylation sites (tertiary alicyclic amines) is 1. The van der Waals surface area contributed by atoms with E-state index in [1.807, 2.05) is 17.0 Å². The van der Waals surface area contributed by atoms with Crippen molar-refractivity contribution in [2.45, 2.75) is 31.8 Å². The fraction of sp³-hybridized carbons (Fsp3) is 0.300. The molecule has 0 bridgehead atoms. The highest BCUT2D eigenvalue weighted by atomic mass is 16.7. The average Bonchev–Trinajstić information content (AvgIpc) is 2.94. The zero-order valence-electron chi connectivity index (χ0n) is 14.7. The SMILES string of the molecule is O=C(ON1C(=O)c2ccccc2C1=O)C1CCCCN1Cc1cccnc1. The van der Waals surface area contributed by atoms with Crippen LogP contribution in [0.25, 0.3) is 0 Å². The highest BCUT2D eigenvalue weighted by Crippen LogP contribution is 2.25. The molecule has 1 unspecified atom stereocenters. The molecule has 1 atom stereocenters. The van der Waals surface area contributed by atoms with Gasteiger partial charge in [0.05, 0.1) is 11.1 Å². The van der Waals surface area contributed by atoms with Crippen LogP contribution in [0, 0.1) is 0 Å². The number of nitrogens with zero attached hydrogens (tertiary/aromatic N) is 3. The molecular weight excluding hydrogens is 346 g/mol. The Labute approximate surface area is 156 Å². The van der Waals surface area contributed by atoms with Gasteiger partial charge < -0.3 is 4.84 Å². The van der Waals surface area contributed by atoms with E-state index in [-0.39, 0.29) is 11.1 Å². The molecule has 3 heterocycles. The zero-order chi connectivity index (χ0) is 18.8. The van der Waals surface area contributed by atoms with Crippen molar-refractivity contribution in [1.29, 1.82) is 0 Å². The second-order valence-corrected chi connectivity index (χ2v) is 6.70. The quantitative estimate of drug-likeness (QED) is 0.773.